The van der Waals surface area contributed by atoms with Crippen LogP contribution in [0.25, 0.3) is 0 Å². The Bertz CT molecular complexity index is 507. The molecule has 0 saturated carbocycles. The molecule has 3 rings (SSSR count). The third-order valence-corrected chi connectivity index (χ3v) is 4.49. The van der Waals surface area contributed by atoms with Gasteiger partial charge in [0, 0.05) is 38.1 Å². The Hall–Kier alpha value is -1.46. The lowest BCUT2D eigenvalue weighted by molar-refractivity contribution is -0.208. The molecule has 0 radical (unpaired) electrons. The summed E-state index contributed by atoms with van der Waals surface area (Å²) in [5, 5.41) is 1.53. The SMILES string of the molecule is CCN1OC2(CCN(Cc3ccc(C)nc3)CC2)CC1=O. The second-order valence-electron chi connectivity index (χ2n) is 6.12. The minimum atomic E-state index is -0.241. The maximum absolute atomic E-state index is 11.9. The number of piperidine rings is 1. The molecule has 3 heterocycles. The maximum Gasteiger partial charge on any atom is 0.249 e. The van der Waals surface area contributed by atoms with Gasteiger partial charge in [0.1, 0.15) is 5.60 Å². The number of likely N-dealkylation sites (tertiary alicyclic amines) is 1. The number of aromatic nitrogens is 1. The summed E-state index contributed by atoms with van der Waals surface area (Å²) in [6.45, 7) is 7.46. The molecule has 2 fully saturated rings. The van der Waals surface area contributed by atoms with Crippen LogP contribution in [0, 0.1) is 6.92 Å². The Labute approximate surface area is 125 Å². The molecule has 1 spiro atoms. The van der Waals surface area contributed by atoms with Gasteiger partial charge in [-0.1, -0.05) is 6.07 Å². The standard InChI is InChI=1S/C16H23N3O2/c1-3-19-15(20)10-16(21-19)6-8-18(9-7-16)12-14-5-4-13(2)17-11-14/h4-5,11H,3,6-10,12H2,1-2H3. The van der Waals surface area contributed by atoms with E-state index >= 15 is 0 Å². The maximum atomic E-state index is 11.9. The predicted molar refractivity (Wildman–Crippen MR) is 79.3 cm³/mol. The summed E-state index contributed by atoms with van der Waals surface area (Å²) < 4.78 is 0. The molecule has 5 nitrogen and oxygen atoms in total. The Morgan fingerprint density at radius 1 is 1.33 bits per heavy atom. The molecule has 0 aliphatic carbocycles. The van der Waals surface area contributed by atoms with Gasteiger partial charge in [0.05, 0.1) is 6.42 Å². The highest BCUT2D eigenvalue weighted by molar-refractivity contribution is 5.78. The van der Waals surface area contributed by atoms with E-state index in [9.17, 15) is 4.79 Å². The molecule has 1 aromatic heterocycles. The number of rotatable bonds is 3. The molecular formula is C16H23N3O2. The summed E-state index contributed by atoms with van der Waals surface area (Å²) in [6, 6.07) is 4.19. The van der Waals surface area contributed by atoms with E-state index in [0.717, 1.165) is 38.2 Å². The Kier molecular flexibility index (Phi) is 3.95. The van der Waals surface area contributed by atoms with E-state index < -0.39 is 0 Å². The fourth-order valence-corrected chi connectivity index (χ4v) is 3.16. The summed E-state index contributed by atoms with van der Waals surface area (Å²) in [5.74, 6) is 0.133. The van der Waals surface area contributed by atoms with Crippen molar-refractivity contribution in [1.29, 1.82) is 0 Å². The van der Waals surface area contributed by atoms with Gasteiger partial charge in [-0.05, 0) is 38.3 Å². The first-order valence-corrected chi connectivity index (χ1v) is 7.74. The van der Waals surface area contributed by atoms with Crippen LogP contribution in [0.5, 0.6) is 0 Å². The number of carbonyl (C=O) groups is 1. The van der Waals surface area contributed by atoms with Crippen LogP contribution in [0.15, 0.2) is 18.3 Å². The molecule has 5 heteroatoms. The van der Waals surface area contributed by atoms with Crippen molar-refractivity contribution in [2.75, 3.05) is 19.6 Å². The lowest BCUT2D eigenvalue weighted by Crippen LogP contribution is -2.44. The van der Waals surface area contributed by atoms with Gasteiger partial charge in [-0.15, -0.1) is 0 Å². The minimum absolute atomic E-state index is 0.133. The second-order valence-corrected chi connectivity index (χ2v) is 6.12. The third-order valence-electron chi connectivity index (χ3n) is 4.49. The molecule has 1 aromatic rings. The first-order chi connectivity index (χ1) is 10.1. The van der Waals surface area contributed by atoms with Gasteiger partial charge in [-0.25, -0.2) is 5.06 Å². The van der Waals surface area contributed by atoms with Gasteiger partial charge < -0.3 is 0 Å². The molecule has 0 unspecified atom stereocenters. The van der Waals surface area contributed by atoms with E-state index in [4.69, 9.17) is 4.84 Å². The number of nitrogens with zero attached hydrogens (tertiary/aromatic N) is 3. The predicted octanol–water partition coefficient (Wildman–Crippen LogP) is 1.91. The van der Waals surface area contributed by atoms with Crippen molar-refractivity contribution in [3.8, 4) is 0 Å². The molecule has 114 valence electrons. The van der Waals surface area contributed by atoms with Crippen LogP contribution in [0.2, 0.25) is 0 Å². The molecule has 21 heavy (non-hydrogen) atoms. The number of hydroxylamine groups is 2. The summed E-state index contributed by atoms with van der Waals surface area (Å²) in [6.07, 6.45) is 4.35. The molecule has 2 aliphatic heterocycles. The van der Waals surface area contributed by atoms with E-state index in [2.05, 4.69) is 22.0 Å². The lowest BCUT2D eigenvalue weighted by Gasteiger charge is -2.37. The van der Waals surface area contributed by atoms with Crippen LogP contribution in [0.3, 0.4) is 0 Å². The van der Waals surface area contributed by atoms with E-state index in [1.807, 2.05) is 20.0 Å². The first kappa shape index (κ1) is 14.5. The van der Waals surface area contributed by atoms with Crippen LogP contribution >= 0.6 is 0 Å². The molecule has 0 atom stereocenters. The van der Waals surface area contributed by atoms with Crippen molar-refractivity contribution in [3.63, 3.8) is 0 Å². The Balaban J connectivity index is 1.56. The molecule has 0 bridgehead atoms. The number of aryl methyl sites for hydroxylation is 1. The second kappa shape index (κ2) is 5.73. The van der Waals surface area contributed by atoms with Crippen molar-refractivity contribution < 1.29 is 9.63 Å². The van der Waals surface area contributed by atoms with Crippen LogP contribution in [-0.4, -0.2) is 46.1 Å². The van der Waals surface area contributed by atoms with E-state index in [0.29, 0.717) is 13.0 Å². The zero-order chi connectivity index (χ0) is 14.9. The molecule has 2 saturated heterocycles. The summed E-state index contributed by atoms with van der Waals surface area (Å²) in [5.41, 5.74) is 2.05. The average Bonchev–Trinajstić information content (AvgIpc) is 2.80. The smallest absolute Gasteiger partial charge is 0.249 e. The number of carbonyl (C=O) groups excluding carboxylic acids is 1. The van der Waals surface area contributed by atoms with Crippen LogP contribution in [0.1, 0.15) is 37.4 Å². The quantitative estimate of drug-likeness (QED) is 0.852. The number of hydrogen-bond donors (Lipinski definition) is 0. The van der Waals surface area contributed by atoms with Gasteiger partial charge in [0.15, 0.2) is 0 Å². The fraction of sp³-hybridized carbons (Fsp3) is 0.625. The first-order valence-electron chi connectivity index (χ1n) is 7.74. The Morgan fingerprint density at radius 2 is 2.10 bits per heavy atom. The van der Waals surface area contributed by atoms with Crippen molar-refractivity contribution in [2.24, 2.45) is 0 Å². The summed E-state index contributed by atoms with van der Waals surface area (Å²) >= 11 is 0. The van der Waals surface area contributed by atoms with Gasteiger partial charge in [0.2, 0.25) is 5.91 Å². The van der Waals surface area contributed by atoms with Gasteiger partial charge in [-0.3, -0.25) is 19.5 Å². The van der Waals surface area contributed by atoms with Crippen molar-refractivity contribution in [2.45, 2.75) is 45.3 Å². The van der Waals surface area contributed by atoms with E-state index in [-0.39, 0.29) is 11.5 Å². The van der Waals surface area contributed by atoms with Crippen LogP contribution in [0.4, 0.5) is 0 Å². The molecule has 2 aliphatic rings. The van der Waals surface area contributed by atoms with E-state index in [1.54, 1.807) is 0 Å². The third kappa shape index (κ3) is 3.09. The van der Waals surface area contributed by atoms with Crippen molar-refractivity contribution in [1.82, 2.24) is 14.9 Å². The molecular weight excluding hydrogens is 266 g/mol. The Morgan fingerprint density at radius 3 is 2.67 bits per heavy atom. The normalized spacial score (nSPS) is 22.2. The zero-order valence-corrected chi connectivity index (χ0v) is 12.8. The number of amides is 1. The van der Waals surface area contributed by atoms with Crippen molar-refractivity contribution in [3.05, 3.63) is 29.6 Å². The molecule has 0 N–H and O–H groups in total. The largest absolute Gasteiger partial charge is 0.299 e. The number of hydrogen-bond acceptors (Lipinski definition) is 4. The minimum Gasteiger partial charge on any atom is -0.299 e. The van der Waals surface area contributed by atoms with Crippen LogP contribution < -0.4 is 0 Å². The summed E-state index contributed by atoms with van der Waals surface area (Å²) in [4.78, 5) is 24.5. The zero-order valence-electron chi connectivity index (χ0n) is 12.8. The van der Waals surface area contributed by atoms with E-state index in [1.165, 1.54) is 10.6 Å². The molecule has 1 amide bonds. The highest BCUT2D eigenvalue weighted by atomic mass is 16.7. The summed E-state index contributed by atoms with van der Waals surface area (Å²) in [7, 11) is 0. The lowest BCUT2D eigenvalue weighted by atomic mass is 9.88. The van der Waals surface area contributed by atoms with Gasteiger partial charge in [-0.2, -0.15) is 0 Å². The van der Waals surface area contributed by atoms with Gasteiger partial charge >= 0.3 is 0 Å². The highest BCUT2D eigenvalue weighted by Gasteiger charge is 2.46. The fourth-order valence-electron chi connectivity index (χ4n) is 3.16. The highest BCUT2D eigenvalue weighted by Crippen LogP contribution is 2.36. The molecule has 0 aromatic carbocycles. The number of pyridine rings is 1. The van der Waals surface area contributed by atoms with Crippen molar-refractivity contribution >= 4 is 5.91 Å². The monoisotopic (exact) mass is 289 g/mol. The van der Waals surface area contributed by atoms with Crippen LogP contribution in [-0.2, 0) is 16.2 Å². The van der Waals surface area contributed by atoms with Gasteiger partial charge in [0.25, 0.3) is 0 Å². The average molecular weight is 289 g/mol. The topological polar surface area (TPSA) is 45.7 Å².